The van der Waals surface area contributed by atoms with Gasteiger partial charge in [0, 0.05) is 49.7 Å². The number of hydrogen-bond donors (Lipinski definition) is 2. The summed E-state index contributed by atoms with van der Waals surface area (Å²) >= 11 is 1.81. The van der Waals surface area contributed by atoms with Crippen LogP contribution in [0.4, 0.5) is 0 Å². The molecule has 0 aliphatic carbocycles. The number of nitrogens with one attached hydrogen (secondary N) is 2. The minimum atomic E-state index is 0. The fraction of sp³-hybridized carbons (Fsp3) is 0.789. The van der Waals surface area contributed by atoms with E-state index in [0.717, 1.165) is 64.7 Å². The van der Waals surface area contributed by atoms with Crippen LogP contribution in [0.5, 0.6) is 0 Å². The standard InChI is InChI=1S/C19H35N5OS.HI/c1-5-16-13-22-18(26-16)7-8-21-19(20-6-2)23-14-17(15(3)4)24-9-11-25-12-10-24;/h13,15,17H,5-12,14H2,1-4H3,(H2,20,21,23);1H. The SMILES string of the molecule is CCNC(=NCC(C(C)C)N1CCOCC1)NCCc1ncc(CC)s1.I. The van der Waals surface area contributed by atoms with E-state index in [1.165, 1.54) is 9.88 Å². The number of morpholine rings is 1. The first-order valence-electron chi connectivity index (χ1n) is 9.91. The summed E-state index contributed by atoms with van der Waals surface area (Å²) in [5, 5.41) is 8.01. The second kappa shape index (κ2) is 13.7. The first kappa shape index (κ1) is 24.6. The van der Waals surface area contributed by atoms with Gasteiger partial charge in [-0.2, -0.15) is 0 Å². The average Bonchev–Trinajstić information content (AvgIpc) is 3.10. The number of nitrogens with zero attached hydrogens (tertiary/aromatic N) is 3. The summed E-state index contributed by atoms with van der Waals surface area (Å²) in [4.78, 5) is 13.2. The number of aryl methyl sites for hydroxylation is 1. The van der Waals surface area contributed by atoms with E-state index >= 15 is 0 Å². The molecule has 0 aromatic carbocycles. The molecule has 1 saturated heterocycles. The quantitative estimate of drug-likeness (QED) is 0.305. The van der Waals surface area contributed by atoms with E-state index in [1.54, 1.807) is 0 Å². The molecule has 2 heterocycles. The number of aromatic nitrogens is 1. The van der Waals surface area contributed by atoms with Crippen LogP contribution >= 0.6 is 35.3 Å². The predicted octanol–water partition coefficient (Wildman–Crippen LogP) is 2.78. The van der Waals surface area contributed by atoms with E-state index in [-0.39, 0.29) is 24.0 Å². The summed E-state index contributed by atoms with van der Waals surface area (Å²) in [5.74, 6) is 1.47. The van der Waals surface area contributed by atoms with E-state index in [1.807, 2.05) is 17.5 Å². The summed E-state index contributed by atoms with van der Waals surface area (Å²) in [5.41, 5.74) is 0. The largest absolute Gasteiger partial charge is 0.379 e. The van der Waals surface area contributed by atoms with Crippen molar-refractivity contribution in [2.24, 2.45) is 10.9 Å². The first-order chi connectivity index (χ1) is 12.6. The molecule has 1 aliphatic rings. The van der Waals surface area contributed by atoms with Gasteiger partial charge in [0.05, 0.1) is 24.8 Å². The molecule has 1 atom stereocenters. The van der Waals surface area contributed by atoms with Crippen molar-refractivity contribution < 1.29 is 4.74 Å². The van der Waals surface area contributed by atoms with E-state index in [2.05, 4.69) is 48.2 Å². The number of aliphatic imine (C=N–C) groups is 1. The number of rotatable bonds is 9. The fourth-order valence-corrected chi connectivity index (χ4v) is 3.96. The molecule has 0 radical (unpaired) electrons. The summed E-state index contributed by atoms with van der Waals surface area (Å²) in [6.45, 7) is 15.0. The predicted molar refractivity (Wildman–Crippen MR) is 126 cm³/mol. The van der Waals surface area contributed by atoms with Gasteiger partial charge >= 0.3 is 0 Å². The molecule has 8 heteroatoms. The maximum absolute atomic E-state index is 5.49. The molecule has 1 aliphatic heterocycles. The van der Waals surface area contributed by atoms with E-state index in [4.69, 9.17) is 9.73 Å². The zero-order valence-corrected chi connectivity index (χ0v) is 20.3. The second-order valence-electron chi connectivity index (χ2n) is 6.93. The Bertz CT molecular complexity index is 546. The Morgan fingerprint density at radius 2 is 2.04 bits per heavy atom. The van der Waals surface area contributed by atoms with Gasteiger partial charge in [-0.25, -0.2) is 4.98 Å². The van der Waals surface area contributed by atoms with Gasteiger partial charge < -0.3 is 15.4 Å². The van der Waals surface area contributed by atoms with Crippen molar-refractivity contribution in [2.45, 2.75) is 46.6 Å². The number of halogens is 1. The number of hydrogen-bond acceptors (Lipinski definition) is 5. The molecule has 1 aromatic heterocycles. The molecule has 1 aromatic rings. The van der Waals surface area contributed by atoms with E-state index in [0.29, 0.717) is 12.0 Å². The third-order valence-corrected chi connectivity index (χ3v) is 5.85. The molecule has 0 spiro atoms. The van der Waals surface area contributed by atoms with Crippen molar-refractivity contribution in [1.29, 1.82) is 0 Å². The highest BCUT2D eigenvalue weighted by atomic mass is 127. The lowest BCUT2D eigenvalue weighted by Gasteiger charge is -2.36. The molecule has 2 N–H and O–H groups in total. The van der Waals surface area contributed by atoms with Gasteiger partial charge in [0.25, 0.3) is 0 Å². The van der Waals surface area contributed by atoms with Crippen LogP contribution in [0, 0.1) is 5.92 Å². The molecule has 1 fully saturated rings. The van der Waals surface area contributed by atoms with Gasteiger partial charge in [-0.15, -0.1) is 35.3 Å². The topological polar surface area (TPSA) is 61.8 Å². The van der Waals surface area contributed by atoms with Crippen LogP contribution in [0.3, 0.4) is 0 Å². The van der Waals surface area contributed by atoms with Crippen LogP contribution in [0.1, 0.15) is 37.6 Å². The highest BCUT2D eigenvalue weighted by Gasteiger charge is 2.23. The molecule has 6 nitrogen and oxygen atoms in total. The minimum absolute atomic E-state index is 0. The molecule has 1 unspecified atom stereocenters. The number of thiazole rings is 1. The Hall–Kier alpha value is -0.450. The lowest BCUT2D eigenvalue weighted by atomic mass is 10.0. The lowest BCUT2D eigenvalue weighted by molar-refractivity contribution is 0.00867. The summed E-state index contributed by atoms with van der Waals surface area (Å²) in [6, 6.07) is 0.459. The third-order valence-electron chi connectivity index (χ3n) is 4.65. The number of ether oxygens (including phenoxy) is 1. The molecule has 0 bridgehead atoms. The van der Waals surface area contributed by atoms with Crippen LogP contribution in [0.25, 0.3) is 0 Å². The Morgan fingerprint density at radius 1 is 1.30 bits per heavy atom. The average molecular weight is 510 g/mol. The first-order valence-corrected chi connectivity index (χ1v) is 10.7. The van der Waals surface area contributed by atoms with Gasteiger partial charge in [0.15, 0.2) is 5.96 Å². The van der Waals surface area contributed by atoms with E-state index < -0.39 is 0 Å². The Labute approximate surface area is 185 Å². The zero-order valence-electron chi connectivity index (χ0n) is 17.2. The van der Waals surface area contributed by atoms with Gasteiger partial charge in [0.2, 0.25) is 0 Å². The van der Waals surface area contributed by atoms with Crippen LogP contribution in [0.15, 0.2) is 11.2 Å². The molecular weight excluding hydrogens is 473 g/mol. The van der Waals surface area contributed by atoms with Gasteiger partial charge in [0.1, 0.15) is 0 Å². The minimum Gasteiger partial charge on any atom is -0.379 e. The molecule has 0 saturated carbocycles. The van der Waals surface area contributed by atoms with Gasteiger partial charge in [-0.3, -0.25) is 9.89 Å². The molecule has 156 valence electrons. The fourth-order valence-electron chi connectivity index (χ4n) is 3.10. The second-order valence-corrected chi connectivity index (χ2v) is 8.13. The van der Waals surface area contributed by atoms with Crippen molar-refractivity contribution in [3.05, 3.63) is 16.1 Å². The monoisotopic (exact) mass is 509 g/mol. The van der Waals surface area contributed by atoms with Crippen LogP contribution < -0.4 is 10.6 Å². The van der Waals surface area contributed by atoms with Crippen molar-refractivity contribution in [2.75, 3.05) is 45.9 Å². The normalized spacial score (nSPS) is 16.9. The van der Waals surface area contributed by atoms with Crippen LogP contribution in [-0.2, 0) is 17.6 Å². The van der Waals surface area contributed by atoms with Crippen LogP contribution in [0.2, 0.25) is 0 Å². The maximum Gasteiger partial charge on any atom is 0.191 e. The molecule has 27 heavy (non-hydrogen) atoms. The number of guanidine groups is 1. The van der Waals surface area contributed by atoms with Gasteiger partial charge in [-0.05, 0) is 19.3 Å². The third kappa shape index (κ3) is 8.62. The molecular formula is C19H36IN5OS. The van der Waals surface area contributed by atoms with Crippen LogP contribution in [-0.4, -0.2) is 67.8 Å². The molecule has 0 amide bonds. The van der Waals surface area contributed by atoms with Crippen molar-refractivity contribution in [3.8, 4) is 0 Å². The van der Waals surface area contributed by atoms with Crippen molar-refractivity contribution in [3.63, 3.8) is 0 Å². The Balaban J connectivity index is 0.00000364. The zero-order chi connectivity index (χ0) is 18.8. The van der Waals surface area contributed by atoms with Crippen molar-refractivity contribution >= 4 is 41.3 Å². The van der Waals surface area contributed by atoms with Gasteiger partial charge in [-0.1, -0.05) is 20.8 Å². The lowest BCUT2D eigenvalue weighted by Crippen LogP contribution is -2.48. The summed E-state index contributed by atoms with van der Waals surface area (Å²) < 4.78 is 5.49. The summed E-state index contributed by atoms with van der Waals surface area (Å²) in [6.07, 6.45) is 3.99. The Morgan fingerprint density at radius 3 is 2.63 bits per heavy atom. The molecule has 2 rings (SSSR count). The summed E-state index contributed by atoms with van der Waals surface area (Å²) in [7, 11) is 0. The van der Waals surface area contributed by atoms with Crippen molar-refractivity contribution in [1.82, 2.24) is 20.5 Å². The maximum atomic E-state index is 5.49. The Kier molecular flexibility index (Phi) is 12.5. The smallest absolute Gasteiger partial charge is 0.191 e. The highest BCUT2D eigenvalue weighted by molar-refractivity contribution is 14.0. The highest BCUT2D eigenvalue weighted by Crippen LogP contribution is 2.14. The van der Waals surface area contributed by atoms with E-state index in [9.17, 15) is 0 Å².